The molecule has 9 heteroatoms. The van der Waals surface area contributed by atoms with Gasteiger partial charge in [-0.15, -0.1) is 0 Å². The molecule has 0 fully saturated rings. The predicted molar refractivity (Wildman–Crippen MR) is 133 cm³/mol. The number of para-hydroxylation sites is 1. The number of hydrogen-bond donors (Lipinski definition) is 2. The van der Waals surface area contributed by atoms with E-state index in [4.69, 9.17) is 0 Å². The summed E-state index contributed by atoms with van der Waals surface area (Å²) in [5, 5.41) is 5.57. The second kappa shape index (κ2) is 10.9. The molecule has 1 heterocycles. The van der Waals surface area contributed by atoms with Crippen LogP contribution >= 0.6 is 0 Å². The molecule has 0 spiro atoms. The highest BCUT2D eigenvalue weighted by molar-refractivity contribution is 7.92. The molecule has 0 aliphatic rings. The van der Waals surface area contributed by atoms with Crippen LogP contribution in [0.15, 0.2) is 73.1 Å². The van der Waals surface area contributed by atoms with E-state index >= 15 is 0 Å². The van der Waals surface area contributed by atoms with E-state index in [2.05, 4.69) is 15.6 Å². The molecular formula is C25H28N4O4S. The quantitative estimate of drug-likeness (QED) is 0.487. The van der Waals surface area contributed by atoms with Crippen molar-refractivity contribution in [3.63, 3.8) is 0 Å². The summed E-state index contributed by atoms with van der Waals surface area (Å²) in [6, 6.07) is 16.2. The van der Waals surface area contributed by atoms with Gasteiger partial charge in [-0.05, 0) is 49.2 Å². The van der Waals surface area contributed by atoms with E-state index < -0.39 is 22.0 Å². The van der Waals surface area contributed by atoms with Crippen LogP contribution in [0.5, 0.6) is 0 Å². The van der Waals surface area contributed by atoms with E-state index in [1.165, 1.54) is 0 Å². The number of nitrogens with zero attached hydrogens (tertiary/aromatic N) is 2. The maximum absolute atomic E-state index is 13.3. The standard InChI is InChI=1S/C25H28N4O4S/c1-4-23(29(34(3,32)33)20-13-11-18(2)12-14-20)25(31)28-22-10-6-5-9-21(22)24(30)27-17-19-8-7-15-26-16-19/h5-16,23H,4,17H2,1-3H3,(H,27,30)(H,28,31). The van der Waals surface area contributed by atoms with E-state index in [1.807, 2.05) is 13.0 Å². The second-order valence-corrected chi connectivity index (χ2v) is 9.76. The lowest BCUT2D eigenvalue weighted by molar-refractivity contribution is -0.117. The highest BCUT2D eigenvalue weighted by atomic mass is 32.2. The Morgan fingerprint density at radius 3 is 2.35 bits per heavy atom. The molecule has 8 nitrogen and oxygen atoms in total. The number of carbonyl (C=O) groups is 2. The number of amides is 2. The lowest BCUT2D eigenvalue weighted by atomic mass is 10.1. The third-order valence-electron chi connectivity index (χ3n) is 5.22. The van der Waals surface area contributed by atoms with Crippen LogP contribution < -0.4 is 14.9 Å². The Morgan fingerprint density at radius 2 is 1.74 bits per heavy atom. The Hall–Kier alpha value is -3.72. The molecule has 2 aromatic carbocycles. The fourth-order valence-electron chi connectivity index (χ4n) is 3.54. The summed E-state index contributed by atoms with van der Waals surface area (Å²) in [4.78, 5) is 30.1. The van der Waals surface area contributed by atoms with Crippen LogP contribution in [0, 0.1) is 6.92 Å². The molecule has 0 bridgehead atoms. The van der Waals surface area contributed by atoms with Crippen LogP contribution in [0.25, 0.3) is 0 Å². The van der Waals surface area contributed by atoms with Crippen molar-refractivity contribution < 1.29 is 18.0 Å². The van der Waals surface area contributed by atoms with E-state index in [9.17, 15) is 18.0 Å². The minimum absolute atomic E-state index is 0.238. The fraction of sp³-hybridized carbons (Fsp3) is 0.240. The third-order valence-corrected chi connectivity index (χ3v) is 6.40. The summed E-state index contributed by atoms with van der Waals surface area (Å²) in [7, 11) is -3.76. The number of sulfonamides is 1. The Morgan fingerprint density at radius 1 is 1.03 bits per heavy atom. The number of nitrogens with one attached hydrogen (secondary N) is 2. The SMILES string of the molecule is CCC(C(=O)Nc1ccccc1C(=O)NCc1cccnc1)N(c1ccc(C)cc1)S(C)(=O)=O. The molecule has 0 radical (unpaired) electrons. The monoisotopic (exact) mass is 480 g/mol. The van der Waals surface area contributed by atoms with Crippen LogP contribution in [-0.4, -0.2) is 37.5 Å². The van der Waals surface area contributed by atoms with Crippen LogP contribution in [0.3, 0.4) is 0 Å². The molecular weight excluding hydrogens is 452 g/mol. The van der Waals surface area contributed by atoms with Gasteiger partial charge >= 0.3 is 0 Å². The Bertz CT molecular complexity index is 1250. The highest BCUT2D eigenvalue weighted by Gasteiger charge is 2.32. The lowest BCUT2D eigenvalue weighted by Crippen LogP contribution is -2.47. The maximum atomic E-state index is 13.3. The van der Waals surface area contributed by atoms with Crippen molar-refractivity contribution in [3.05, 3.63) is 89.7 Å². The zero-order valence-electron chi connectivity index (χ0n) is 19.4. The summed E-state index contributed by atoms with van der Waals surface area (Å²) >= 11 is 0. The molecule has 2 amide bonds. The Labute approximate surface area is 200 Å². The van der Waals surface area contributed by atoms with Crippen LogP contribution in [0.2, 0.25) is 0 Å². The molecule has 178 valence electrons. The van der Waals surface area contributed by atoms with Crippen molar-refractivity contribution in [2.75, 3.05) is 15.9 Å². The molecule has 0 aliphatic heterocycles. The normalized spacial score (nSPS) is 12.0. The van der Waals surface area contributed by atoms with Gasteiger partial charge < -0.3 is 10.6 Å². The second-order valence-electron chi connectivity index (χ2n) is 7.90. The van der Waals surface area contributed by atoms with Gasteiger partial charge in [-0.2, -0.15) is 0 Å². The van der Waals surface area contributed by atoms with E-state index in [1.54, 1.807) is 73.9 Å². The topological polar surface area (TPSA) is 108 Å². The molecule has 1 aromatic heterocycles. The number of aryl methyl sites for hydroxylation is 1. The van der Waals surface area contributed by atoms with Crippen molar-refractivity contribution in [1.82, 2.24) is 10.3 Å². The number of aromatic nitrogens is 1. The fourth-order valence-corrected chi connectivity index (χ4v) is 4.75. The molecule has 0 saturated carbocycles. The highest BCUT2D eigenvalue weighted by Crippen LogP contribution is 2.24. The molecule has 34 heavy (non-hydrogen) atoms. The molecule has 1 unspecified atom stereocenters. The smallest absolute Gasteiger partial charge is 0.253 e. The molecule has 3 rings (SSSR count). The van der Waals surface area contributed by atoms with E-state index in [0.717, 1.165) is 21.7 Å². The zero-order chi connectivity index (χ0) is 24.7. The molecule has 0 aliphatic carbocycles. The third kappa shape index (κ3) is 6.20. The van der Waals surface area contributed by atoms with Crippen LogP contribution in [0.4, 0.5) is 11.4 Å². The first-order valence-electron chi connectivity index (χ1n) is 10.8. The van der Waals surface area contributed by atoms with Crippen molar-refractivity contribution >= 4 is 33.2 Å². The average Bonchev–Trinajstić information content (AvgIpc) is 2.82. The number of anilines is 2. The summed E-state index contributed by atoms with van der Waals surface area (Å²) in [5.41, 5.74) is 2.78. The molecule has 3 aromatic rings. The van der Waals surface area contributed by atoms with Gasteiger partial charge in [0.05, 0.1) is 23.2 Å². The number of benzene rings is 2. The van der Waals surface area contributed by atoms with Gasteiger partial charge in [0.15, 0.2) is 0 Å². The zero-order valence-corrected chi connectivity index (χ0v) is 20.2. The predicted octanol–water partition coefficient (Wildman–Crippen LogP) is 3.50. The van der Waals surface area contributed by atoms with Crippen LogP contribution in [0.1, 0.15) is 34.8 Å². The van der Waals surface area contributed by atoms with Gasteiger partial charge in [-0.25, -0.2) is 8.42 Å². The molecule has 2 N–H and O–H groups in total. The minimum Gasteiger partial charge on any atom is -0.348 e. The van der Waals surface area contributed by atoms with Gasteiger partial charge in [0.1, 0.15) is 6.04 Å². The van der Waals surface area contributed by atoms with Crippen molar-refractivity contribution in [2.24, 2.45) is 0 Å². The van der Waals surface area contributed by atoms with Gasteiger partial charge in [0.2, 0.25) is 15.9 Å². The summed E-state index contributed by atoms with van der Waals surface area (Å²) < 4.78 is 26.4. The number of carbonyl (C=O) groups excluding carboxylic acids is 2. The van der Waals surface area contributed by atoms with Crippen molar-refractivity contribution in [1.29, 1.82) is 0 Å². The first kappa shape index (κ1) is 24.9. The number of rotatable bonds is 9. The largest absolute Gasteiger partial charge is 0.348 e. The van der Waals surface area contributed by atoms with Crippen molar-refractivity contribution in [2.45, 2.75) is 32.9 Å². The minimum atomic E-state index is -3.76. The van der Waals surface area contributed by atoms with Gasteiger partial charge in [0.25, 0.3) is 5.91 Å². The lowest BCUT2D eigenvalue weighted by Gasteiger charge is -2.30. The van der Waals surface area contributed by atoms with Gasteiger partial charge in [-0.1, -0.05) is 42.8 Å². The summed E-state index contributed by atoms with van der Waals surface area (Å²) in [6.07, 6.45) is 4.62. The van der Waals surface area contributed by atoms with Gasteiger partial charge in [-0.3, -0.25) is 18.9 Å². The maximum Gasteiger partial charge on any atom is 0.253 e. The van der Waals surface area contributed by atoms with E-state index in [-0.39, 0.29) is 24.4 Å². The van der Waals surface area contributed by atoms with Crippen molar-refractivity contribution in [3.8, 4) is 0 Å². The van der Waals surface area contributed by atoms with Gasteiger partial charge in [0, 0.05) is 18.9 Å². The number of hydrogen-bond acceptors (Lipinski definition) is 5. The molecule has 0 saturated heterocycles. The summed E-state index contributed by atoms with van der Waals surface area (Å²) in [5.74, 6) is -0.896. The first-order chi connectivity index (χ1) is 16.2. The van der Waals surface area contributed by atoms with E-state index in [0.29, 0.717) is 11.4 Å². The number of pyridine rings is 1. The average molecular weight is 481 g/mol. The summed E-state index contributed by atoms with van der Waals surface area (Å²) in [6.45, 7) is 3.92. The van der Waals surface area contributed by atoms with Crippen LogP contribution in [-0.2, 0) is 21.4 Å². The first-order valence-corrected chi connectivity index (χ1v) is 12.7. The Balaban J connectivity index is 1.83. The molecule has 1 atom stereocenters. The Kier molecular flexibility index (Phi) is 8.01.